The molecule has 30 heavy (non-hydrogen) atoms. The maximum absolute atomic E-state index is 13.5. The number of carbonyl (C=O) groups excluding carboxylic acids is 1. The average Bonchev–Trinajstić information content (AvgIpc) is 3.14. The van der Waals surface area contributed by atoms with Gasteiger partial charge in [0.1, 0.15) is 5.75 Å². The number of nitrogens with zero attached hydrogens (tertiary/aromatic N) is 3. The first kappa shape index (κ1) is 22.6. The fraction of sp³-hybridized carbons (Fsp3) is 0.391. The lowest BCUT2D eigenvalue weighted by molar-refractivity contribution is 0.0986. The van der Waals surface area contributed by atoms with Gasteiger partial charge in [0, 0.05) is 17.0 Å². The Balaban J connectivity index is 1.92. The van der Waals surface area contributed by atoms with E-state index in [4.69, 9.17) is 9.72 Å². The minimum Gasteiger partial charge on any atom is -0.494 e. The smallest absolute Gasteiger partial charge is 0.260 e. The van der Waals surface area contributed by atoms with E-state index in [-0.39, 0.29) is 5.91 Å². The van der Waals surface area contributed by atoms with Crippen LogP contribution in [-0.4, -0.2) is 55.3 Å². The Morgan fingerprint density at radius 2 is 1.97 bits per heavy atom. The Labute approximate surface area is 187 Å². The van der Waals surface area contributed by atoms with Crippen molar-refractivity contribution >= 4 is 44.4 Å². The zero-order chi connectivity index (χ0) is 21.5. The van der Waals surface area contributed by atoms with Crippen LogP contribution in [0, 0.1) is 0 Å². The molecule has 5 nitrogen and oxygen atoms in total. The van der Waals surface area contributed by atoms with Crippen LogP contribution in [0.25, 0.3) is 10.2 Å². The number of thioether (sulfide) groups is 1. The molecule has 0 aliphatic carbocycles. The quantitative estimate of drug-likeness (QED) is 0.392. The van der Waals surface area contributed by atoms with Gasteiger partial charge in [-0.1, -0.05) is 24.3 Å². The molecule has 0 radical (unpaired) electrons. The molecule has 0 fully saturated rings. The van der Waals surface area contributed by atoms with Gasteiger partial charge >= 0.3 is 0 Å². The van der Waals surface area contributed by atoms with E-state index in [2.05, 4.69) is 11.8 Å². The lowest BCUT2D eigenvalue weighted by Gasteiger charge is -2.21. The summed E-state index contributed by atoms with van der Waals surface area (Å²) >= 11 is 3.28. The second-order valence-corrected chi connectivity index (χ2v) is 9.48. The van der Waals surface area contributed by atoms with Gasteiger partial charge in [-0.15, -0.1) is 11.8 Å². The minimum atomic E-state index is -0.00334. The van der Waals surface area contributed by atoms with Crippen molar-refractivity contribution in [2.24, 2.45) is 0 Å². The van der Waals surface area contributed by atoms with Gasteiger partial charge in [-0.05, 0) is 76.1 Å². The first-order valence-corrected chi connectivity index (χ1v) is 12.0. The highest BCUT2D eigenvalue weighted by atomic mass is 32.2. The van der Waals surface area contributed by atoms with Crippen molar-refractivity contribution in [3.63, 3.8) is 0 Å². The number of thiazole rings is 1. The zero-order valence-electron chi connectivity index (χ0n) is 18.1. The average molecular weight is 444 g/mol. The van der Waals surface area contributed by atoms with Gasteiger partial charge in [0.15, 0.2) is 5.13 Å². The van der Waals surface area contributed by atoms with E-state index in [0.717, 1.165) is 44.7 Å². The lowest BCUT2D eigenvalue weighted by Crippen LogP contribution is -2.33. The van der Waals surface area contributed by atoms with Crippen LogP contribution in [0.5, 0.6) is 5.75 Å². The molecule has 0 saturated heterocycles. The standard InChI is InChI=1S/C23H29N3O2S2/c1-5-28-18-11-12-20-21(16-18)30-23(24-20)26(14-8-13-25(3)4)22(27)17-9-7-10-19(15-17)29-6-2/h7,9-12,15-16H,5-6,8,13-14H2,1-4H3. The largest absolute Gasteiger partial charge is 0.494 e. The monoisotopic (exact) mass is 443 g/mol. The van der Waals surface area contributed by atoms with Crippen molar-refractivity contribution in [2.75, 3.05) is 44.4 Å². The summed E-state index contributed by atoms with van der Waals surface area (Å²) in [6, 6.07) is 13.8. The minimum absolute atomic E-state index is 0.00334. The van der Waals surface area contributed by atoms with Crippen molar-refractivity contribution < 1.29 is 9.53 Å². The van der Waals surface area contributed by atoms with E-state index in [1.54, 1.807) is 11.8 Å². The topological polar surface area (TPSA) is 45.7 Å². The number of anilines is 1. The van der Waals surface area contributed by atoms with Gasteiger partial charge in [-0.2, -0.15) is 0 Å². The van der Waals surface area contributed by atoms with Crippen LogP contribution < -0.4 is 9.64 Å². The highest BCUT2D eigenvalue weighted by molar-refractivity contribution is 7.99. The maximum Gasteiger partial charge on any atom is 0.260 e. The number of benzene rings is 2. The molecule has 0 N–H and O–H groups in total. The summed E-state index contributed by atoms with van der Waals surface area (Å²) in [6.07, 6.45) is 0.877. The van der Waals surface area contributed by atoms with Crippen LogP contribution in [0.3, 0.4) is 0 Å². The van der Waals surface area contributed by atoms with Crippen LogP contribution in [-0.2, 0) is 0 Å². The lowest BCUT2D eigenvalue weighted by atomic mass is 10.2. The molecule has 1 heterocycles. The summed E-state index contributed by atoms with van der Waals surface area (Å²) < 4.78 is 6.64. The molecule has 7 heteroatoms. The molecule has 0 aliphatic rings. The Bertz CT molecular complexity index is 987. The first-order chi connectivity index (χ1) is 14.5. The van der Waals surface area contributed by atoms with Gasteiger partial charge in [-0.25, -0.2) is 4.98 Å². The number of carbonyl (C=O) groups is 1. The van der Waals surface area contributed by atoms with Crippen LogP contribution >= 0.6 is 23.1 Å². The number of ether oxygens (including phenoxy) is 1. The van der Waals surface area contributed by atoms with Crippen molar-refractivity contribution in [3.05, 3.63) is 48.0 Å². The number of rotatable bonds is 10. The van der Waals surface area contributed by atoms with Gasteiger partial charge in [0.05, 0.1) is 16.8 Å². The van der Waals surface area contributed by atoms with Crippen LogP contribution in [0.1, 0.15) is 30.6 Å². The third kappa shape index (κ3) is 5.74. The molecular formula is C23H29N3O2S2. The Morgan fingerprint density at radius 1 is 1.13 bits per heavy atom. The summed E-state index contributed by atoms with van der Waals surface area (Å²) in [5.74, 6) is 1.80. The number of amides is 1. The van der Waals surface area contributed by atoms with Gasteiger partial charge in [0.25, 0.3) is 5.91 Å². The molecule has 0 spiro atoms. The molecular weight excluding hydrogens is 414 g/mol. The van der Waals surface area contributed by atoms with Crippen LogP contribution in [0.15, 0.2) is 47.4 Å². The summed E-state index contributed by atoms with van der Waals surface area (Å²) in [7, 11) is 4.09. The highest BCUT2D eigenvalue weighted by Crippen LogP contribution is 2.32. The third-order valence-electron chi connectivity index (χ3n) is 4.51. The molecule has 0 saturated carbocycles. The molecule has 1 amide bonds. The number of aromatic nitrogens is 1. The third-order valence-corrected chi connectivity index (χ3v) is 6.43. The Morgan fingerprint density at radius 3 is 2.70 bits per heavy atom. The van der Waals surface area contributed by atoms with E-state index in [1.165, 1.54) is 11.3 Å². The normalized spacial score (nSPS) is 11.2. The van der Waals surface area contributed by atoms with Crippen molar-refractivity contribution in [2.45, 2.75) is 25.2 Å². The van der Waals surface area contributed by atoms with Gasteiger partial charge in [-0.3, -0.25) is 9.69 Å². The van der Waals surface area contributed by atoms with E-state index < -0.39 is 0 Å². The predicted octanol–water partition coefficient (Wildman–Crippen LogP) is 5.41. The van der Waals surface area contributed by atoms with Crippen molar-refractivity contribution in [1.29, 1.82) is 0 Å². The maximum atomic E-state index is 13.5. The molecule has 3 rings (SSSR count). The molecule has 3 aromatic rings. The summed E-state index contributed by atoms with van der Waals surface area (Å²) in [6.45, 7) is 6.25. The molecule has 0 bridgehead atoms. The molecule has 2 aromatic carbocycles. The van der Waals surface area contributed by atoms with Gasteiger partial charge in [0.2, 0.25) is 0 Å². The predicted molar refractivity (Wildman–Crippen MR) is 128 cm³/mol. The van der Waals surface area contributed by atoms with Crippen molar-refractivity contribution in [3.8, 4) is 5.75 Å². The van der Waals surface area contributed by atoms with E-state index in [0.29, 0.717) is 18.7 Å². The highest BCUT2D eigenvalue weighted by Gasteiger charge is 2.21. The van der Waals surface area contributed by atoms with Crippen LogP contribution in [0.4, 0.5) is 5.13 Å². The molecule has 0 aliphatic heterocycles. The molecule has 0 atom stereocenters. The second-order valence-electron chi connectivity index (χ2n) is 7.13. The van der Waals surface area contributed by atoms with Crippen LogP contribution in [0.2, 0.25) is 0 Å². The fourth-order valence-electron chi connectivity index (χ4n) is 3.14. The second kappa shape index (κ2) is 10.8. The van der Waals surface area contributed by atoms with Gasteiger partial charge < -0.3 is 9.64 Å². The number of hydrogen-bond acceptors (Lipinski definition) is 6. The molecule has 1 aromatic heterocycles. The van der Waals surface area contributed by atoms with Crippen molar-refractivity contribution in [1.82, 2.24) is 9.88 Å². The van der Waals surface area contributed by atoms with E-state index >= 15 is 0 Å². The number of hydrogen-bond donors (Lipinski definition) is 0. The van der Waals surface area contributed by atoms with E-state index in [9.17, 15) is 4.79 Å². The molecule has 160 valence electrons. The summed E-state index contributed by atoms with van der Waals surface area (Å²) in [4.78, 5) is 23.3. The number of fused-ring (bicyclic) bond motifs is 1. The SMILES string of the molecule is CCOc1ccc2nc(N(CCCN(C)C)C(=O)c3cccc(SCC)c3)sc2c1. The Hall–Kier alpha value is -2.09. The fourth-order valence-corrected chi connectivity index (χ4v) is 4.87. The Kier molecular flexibility index (Phi) is 8.13. The summed E-state index contributed by atoms with van der Waals surface area (Å²) in [5, 5.41) is 0.732. The zero-order valence-corrected chi connectivity index (χ0v) is 19.7. The summed E-state index contributed by atoms with van der Waals surface area (Å²) in [5.41, 5.74) is 1.59. The first-order valence-electron chi connectivity index (χ1n) is 10.2. The molecule has 0 unspecified atom stereocenters. The van der Waals surface area contributed by atoms with E-state index in [1.807, 2.05) is 68.4 Å².